The molecule has 152 valence electrons. The number of carbonyl (C=O) groups is 1. The fourth-order valence-corrected chi connectivity index (χ4v) is 5.30. The van der Waals surface area contributed by atoms with E-state index in [9.17, 15) is 15.1 Å². The van der Waals surface area contributed by atoms with Crippen molar-refractivity contribution in [3.63, 3.8) is 0 Å². The highest BCUT2D eigenvalue weighted by Crippen LogP contribution is 2.42. The van der Waals surface area contributed by atoms with Crippen molar-refractivity contribution in [3.05, 3.63) is 29.8 Å². The van der Waals surface area contributed by atoms with E-state index in [4.69, 9.17) is 12.2 Å². The molecule has 1 unspecified atom stereocenters. The van der Waals surface area contributed by atoms with E-state index >= 15 is 0 Å². The van der Waals surface area contributed by atoms with Crippen LogP contribution in [0.4, 0.5) is 4.79 Å². The van der Waals surface area contributed by atoms with Gasteiger partial charge >= 0.3 is 6.03 Å². The number of thioether (sulfide) groups is 1. The molecule has 0 bridgehead atoms. The molecule has 2 aliphatic rings. The maximum absolute atomic E-state index is 12.7. The van der Waals surface area contributed by atoms with Gasteiger partial charge in [0.2, 0.25) is 0 Å². The maximum atomic E-state index is 12.7. The zero-order chi connectivity index (χ0) is 20.3. The number of urea groups is 1. The molecular formula is C19H26N4O3S2. The van der Waals surface area contributed by atoms with Gasteiger partial charge in [0, 0.05) is 6.04 Å². The second-order valence-corrected chi connectivity index (χ2v) is 9.94. The Labute approximate surface area is 174 Å². The Morgan fingerprint density at radius 1 is 1.32 bits per heavy atom. The van der Waals surface area contributed by atoms with Crippen LogP contribution < -0.4 is 5.32 Å². The van der Waals surface area contributed by atoms with Crippen LogP contribution >= 0.6 is 24.0 Å². The lowest BCUT2D eigenvalue weighted by Crippen LogP contribution is -2.57. The quantitative estimate of drug-likeness (QED) is 0.295. The van der Waals surface area contributed by atoms with Crippen molar-refractivity contribution in [2.24, 2.45) is 5.10 Å². The van der Waals surface area contributed by atoms with E-state index in [-0.39, 0.29) is 11.8 Å². The average Bonchev–Trinajstić information content (AvgIpc) is 2.89. The molecule has 0 radical (unpaired) electrons. The van der Waals surface area contributed by atoms with Gasteiger partial charge in [-0.15, -0.1) is 0 Å². The van der Waals surface area contributed by atoms with Gasteiger partial charge in [0.1, 0.15) is 5.75 Å². The molecule has 2 fully saturated rings. The number of hydrogen-bond acceptors (Lipinski definition) is 6. The van der Waals surface area contributed by atoms with Gasteiger partial charge in [-0.3, -0.25) is 5.21 Å². The lowest BCUT2D eigenvalue weighted by Gasteiger charge is -2.35. The number of amides is 2. The van der Waals surface area contributed by atoms with Crippen LogP contribution in [-0.2, 0) is 0 Å². The van der Waals surface area contributed by atoms with Gasteiger partial charge < -0.3 is 10.4 Å². The van der Waals surface area contributed by atoms with E-state index < -0.39 is 16.9 Å². The van der Waals surface area contributed by atoms with E-state index in [1.165, 1.54) is 23.2 Å². The number of rotatable bonds is 4. The summed E-state index contributed by atoms with van der Waals surface area (Å²) >= 11 is 6.83. The average molecular weight is 423 g/mol. The number of hydroxylamine groups is 2. The number of benzene rings is 1. The number of aromatic hydroxyl groups is 1. The van der Waals surface area contributed by atoms with Gasteiger partial charge in [0.25, 0.3) is 0 Å². The summed E-state index contributed by atoms with van der Waals surface area (Å²) in [5.41, 5.74) is 0.769. The number of phenols is 1. The Kier molecular flexibility index (Phi) is 6.47. The molecule has 1 atom stereocenters. The second-order valence-electron chi connectivity index (χ2n) is 7.65. The molecule has 1 saturated carbocycles. The van der Waals surface area contributed by atoms with Crippen molar-refractivity contribution in [3.8, 4) is 5.75 Å². The lowest BCUT2D eigenvalue weighted by molar-refractivity contribution is -0.119. The van der Waals surface area contributed by atoms with E-state index in [2.05, 4.69) is 10.4 Å². The number of phenolic OH excluding ortho intramolecular Hbond substituents is 1. The molecule has 0 spiro atoms. The maximum Gasteiger partial charge on any atom is 0.343 e. The molecule has 28 heavy (non-hydrogen) atoms. The Bertz CT molecular complexity index is 748. The lowest BCUT2D eigenvalue weighted by atomic mass is 9.96. The fraction of sp³-hybridized carbons (Fsp3) is 0.526. The molecule has 1 aliphatic heterocycles. The number of thiocarbonyl (C=S) groups is 1. The van der Waals surface area contributed by atoms with Crippen molar-refractivity contribution in [2.75, 3.05) is 0 Å². The predicted molar refractivity (Wildman–Crippen MR) is 115 cm³/mol. The third-order valence-corrected chi connectivity index (χ3v) is 6.52. The van der Waals surface area contributed by atoms with Gasteiger partial charge in [0.05, 0.1) is 11.0 Å². The zero-order valence-electron chi connectivity index (χ0n) is 16.0. The van der Waals surface area contributed by atoms with Crippen LogP contribution in [-0.4, -0.2) is 53.9 Å². The summed E-state index contributed by atoms with van der Waals surface area (Å²) in [6.45, 7) is 3.84. The summed E-state index contributed by atoms with van der Waals surface area (Å²) in [5.74, 6) is 0.171. The Hall–Kier alpha value is -1.84. The number of nitrogens with zero attached hydrogens (tertiary/aromatic N) is 3. The van der Waals surface area contributed by atoms with Gasteiger partial charge in [-0.1, -0.05) is 43.2 Å². The third-order valence-electron chi connectivity index (χ3n) is 4.99. The zero-order valence-corrected chi connectivity index (χ0v) is 17.7. The molecule has 1 heterocycles. The summed E-state index contributed by atoms with van der Waals surface area (Å²) in [5, 5.41) is 29.7. The number of carbonyl (C=O) groups excluding carboxylic acids is 1. The minimum Gasteiger partial charge on any atom is -0.508 e. The van der Waals surface area contributed by atoms with Crippen LogP contribution in [0.5, 0.6) is 5.75 Å². The minimum absolute atomic E-state index is 0.0916. The first kappa shape index (κ1) is 20.9. The smallest absolute Gasteiger partial charge is 0.343 e. The molecule has 9 heteroatoms. The monoisotopic (exact) mass is 422 g/mol. The Morgan fingerprint density at radius 3 is 2.61 bits per heavy atom. The van der Waals surface area contributed by atoms with Gasteiger partial charge in [0.15, 0.2) is 10.5 Å². The van der Waals surface area contributed by atoms with Crippen LogP contribution in [0, 0.1) is 0 Å². The summed E-state index contributed by atoms with van der Waals surface area (Å²) in [6, 6.07) is 6.13. The predicted octanol–water partition coefficient (Wildman–Crippen LogP) is 3.90. The molecule has 2 amide bonds. The van der Waals surface area contributed by atoms with Crippen molar-refractivity contribution in [2.45, 2.75) is 62.9 Å². The molecular weight excluding hydrogens is 396 g/mol. The molecule has 1 saturated heterocycles. The summed E-state index contributed by atoms with van der Waals surface area (Å²) in [6.07, 6.45) is 6.10. The topological polar surface area (TPSA) is 88.4 Å². The fourth-order valence-electron chi connectivity index (χ4n) is 3.52. The van der Waals surface area contributed by atoms with Crippen LogP contribution in [0.1, 0.15) is 51.5 Å². The summed E-state index contributed by atoms with van der Waals surface area (Å²) < 4.78 is -0.0586. The van der Waals surface area contributed by atoms with Crippen molar-refractivity contribution < 1.29 is 15.1 Å². The van der Waals surface area contributed by atoms with E-state index in [0.29, 0.717) is 4.32 Å². The van der Waals surface area contributed by atoms with E-state index in [1.54, 1.807) is 30.5 Å². The Balaban J connectivity index is 1.75. The summed E-state index contributed by atoms with van der Waals surface area (Å²) in [4.78, 5) is 12.7. The third kappa shape index (κ3) is 4.76. The van der Waals surface area contributed by atoms with Gasteiger partial charge in [-0.25, -0.2) is 9.80 Å². The highest BCUT2D eigenvalue weighted by Gasteiger charge is 2.50. The first-order valence-corrected chi connectivity index (χ1v) is 10.6. The number of hydrogen-bond donors (Lipinski definition) is 3. The summed E-state index contributed by atoms with van der Waals surface area (Å²) in [7, 11) is 0. The molecule has 0 aromatic heterocycles. The second kappa shape index (κ2) is 8.67. The molecule has 1 aromatic rings. The Morgan fingerprint density at radius 2 is 1.96 bits per heavy atom. The normalized spacial score (nSPS) is 22.6. The van der Waals surface area contributed by atoms with Gasteiger partial charge in [-0.2, -0.15) is 10.2 Å². The van der Waals surface area contributed by atoms with Crippen LogP contribution in [0.25, 0.3) is 0 Å². The van der Waals surface area contributed by atoms with Crippen LogP contribution in [0.15, 0.2) is 29.4 Å². The SMILES string of the molecule is CC1(C)SC(=S)N(/N=C/c2ccc(O)cc2)C1N(O)C(=O)NC1CCCCC1. The largest absolute Gasteiger partial charge is 0.508 e. The van der Waals surface area contributed by atoms with Crippen molar-refractivity contribution in [1.82, 2.24) is 15.4 Å². The molecule has 3 rings (SSSR count). The highest BCUT2D eigenvalue weighted by molar-refractivity contribution is 8.24. The van der Waals surface area contributed by atoms with E-state index in [1.807, 2.05) is 13.8 Å². The van der Waals surface area contributed by atoms with Gasteiger partial charge in [-0.05, 0) is 56.5 Å². The first-order chi connectivity index (χ1) is 13.3. The van der Waals surface area contributed by atoms with Crippen molar-refractivity contribution in [1.29, 1.82) is 0 Å². The highest BCUT2D eigenvalue weighted by atomic mass is 32.2. The van der Waals surface area contributed by atoms with Crippen molar-refractivity contribution >= 4 is 40.5 Å². The minimum atomic E-state index is -0.734. The molecule has 1 aromatic carbocycles. The standard InChI is InChI=1S/C19H26N4O3S2/c1-19(2)16(23(26)17(25)21-14-6-4-3-5-7-14)22(18(27)28-19)20-12-13-8-10-15(24)11-9-13/h8-12,14,16,24,26H,3-7H2,1-2H3,(H,21,25)/b20-12+. The molecule has 1 aliphatic carbocycles. The molecule has 3 N–H and O–H groups in total. The first-order valence-electron chi connectivity index (χ1n) is 9.42. The van der Waals surface area contributed by atoms with E-state index in [0.717, 1.165) is 36.3 Å². The van der Waals surface area contributed by atoms with Crippen LogP contribution in [0.3, 0.4) is 0 Å². The number of hydrazone groups is 1. The van der Waals surface area contributed by atoms with Crippen LogP contribution in [0.2, 0.25) is 0 Å². The molecule has 7 nitrogen and oxygen atoms in total. The number of nitrogens with one attached hydrogen (secondary N) is 1.